The predicted octanol–water partition coefficient (Wildman–Crippen LogP) is 2.90. The molecule has 6 nitrogen and oxygen atoms in total. The van der Waals surface area contributed by atoms with Crippen LogP contribution >= 0.6 is 0 Å². The molecule has 0 radical (unpaired) electrons. The van der Waals surface area contributed by atoms with E-state index in [2.05, 4.69) is 5.10 Å². The smallest absolute Gasteiger partial charge is 0.266 e. The molecule has 1 aliphatic heterocycles. The molecule has 6 heteroatoms. The minimum Gasteiger partial charge on any atom is -0.496 e. The number of imide groups is 1. The summed E-state index contributed by atoms with van der Waals surface area (Å²) >= 11 is 0. The molecule has 0 N–H and O–H groups in total. The maximum Gasteiger partial charge on any atom is 0.266 e. The molecule has 2 amide bonds. The van der Waals surface area contributed by atoms with Crippen LogP contribution < -0.4 is 9.64 Å². The number of ether oxygens (including phenoxy) is 1. The molecular formula is C19H15N3O3. The van der Waals surface area contributed by atoms with E-state index in [1.807, 2.05) is 24.3 Å². The van der Waals surface area contributed by atoms with Crippen molar-refractivity contribution < 1.29 is 14.3 Å². The molecule has 0 atom stereocenters. The molecule has 0 saturated carbocycles. The molecule has 1 aromatic heterocycles. The van der Waals surface area contributed by atoms with E-state index in [9.17, 15) is 9.59 Å². The summed E-state index contributed by atoms with van der Waals surface area (Å²) in [4.78, 5) is 26.8. The fourth-order valence-corrected chi connectivity index (χ4v) is 3.08. The second-order valence-electron chi connectivity index (χ2n) is 5.73. The Morgan fingerprint density at radius 1 is 0.880 bits per heavy atom. The fraction of sp³-hybridized carbons (Fsp3) is 0.105. The highest BCUT2D eigenvalue weighted by atomic mass is 16.5. The first-order valence-electron chi connectivity index (χ1n) is 7.76. The Balaban J connectivity index is 1.89. The van der Waals surface area contributed by atoms with Gasteiger partial charge in [0.25, 0.3) is 11.8 Å². The molecule has 0 bridgehead atoms. The van der Waals surface area contributed by atoms with Gasteiger partial charge in [-0.3, -0.25) is 14.3 Å². The fourth-order valence-electron chi connectivity index (χ4n) is 3.08. The lowest BCUT2D eigenvalue weighted by Crippen LogP contribution is -2.29. The lowest BCUT2D eigenvalue weighted by atomic mass is 10.1. The van der Waals surface area contributed by atoms with Crippen molar-refractivity contribution in [2.75, 3.05) is 12.0 Å². The van der Waals surface area contributed by atoms with Crippen LogP contribution in [0.5, 0.6) is 5.75 Å². The summed E-state index contributed by atoms with van der Waals surface area (Å²) in [6.45, 7) is 0. The molecule has 1 aliphatic rings. The number of carbonyl (C=O) groups excluding carboxylic acids is 2. The maximum absolute atomic E-state index is 12.8. The Labute approximate surface area is 144 Å². The van der Waals surface area contributed by atoms with Gasteiger partial charge in [0.15, 0.2) is 0 Å². The summed E-state index contributed by atoms with van der Waals surface area (Å²) in [5.41, 5.74) is 2.49. The summed E-state index contributed by atoms with van der Waals surface area (Å²) in [5.74, 6) is -0.0615. The maximum atomic E-state index is 12.8. The number of carbonyl (C=O) groups is 2. The van der Waals surface area contributed by atoms with Crippen LogP contribution in [0.25, 0.3) is 11.3 Å². The van der Waals surface area contributed by atoms with E-state index in [0.717, 1.165) is 5.56 Å². The number of rotatable bonds is 3. The van der Waals surface area contributed by atoms with E-state index in [1.54, 1.807) is 49.3 Å². The largest absolute Gasteiger partial charge is 0.496 e. The predicted molar refractivity (Wildman–Crippen MR) is 92.8 cm³/mol. The zero-order valence-electron chi connectivity index (χ0n) is 13.8. The van der Waals surface area contributed by atoms with E-state index in [0.29, 0.717) is 28.3 Å². The van der Waals surface area contributed by atoms with Crippen LogP contribution in [0.1, 0.15) is 20.7 Å². The van der Waals surface area contributed by atoms with Crippen LogP contribution in [0.4, 0.5) is 5.69 Å². The van der Waals surface area contributed by atoms with Gasteiger partial charge in [-0.1, -0.05) is 24.3 Å². The summed E-state index contributed by atoms with van der Waals surface area (Å²) < 4.78 is 6.99. The van der Waals surface area contributed by atoms with Crippen LogP contribution in [-0.2, 0) is 7.05 Å². The lowest BCUT2D eigenvalue weighted by molar-refractivity contribution is 0.0926. The molecule has 0 unspecified atom stereocenters. The third-order valence-electron chi connectivity index (χ3n) is 4.21. The number of methoxy groups -OCH3 is 1. The van der Waals surface area contributed by atoms with Gasteiger partial charge in [-0.05, 0) is 24.3 Å². The van der Waals surface area contributed by atoms with Gasteiger partial charge >= 0.3 is 0 Å². The molecule has 0 spiro atoms. The molecule has 124 valence electrons. The van der Waals surface area contributed by atoms with Gasteiger partial charge in [-0.2, -0.15) is 5.10 Å². The van der Waals surface area contributed by atoms with Crippen LogP contribution in [0.2, 0.25) is 0 Å². The first-order valence-corrected chi connectivity index (χ1v) is 7.76. The number of aryl methyl sites for hydroxylation is 1. The zero-order valence-corrected chi connectivity index (χ0v) is 13.8. The second kappa shape index (κ2) is 5.59. The zero-order chi connectivity index (χ0) is 17.6. The van der Waals surface area contributed by atoms with Crippen LogP contribution in [-0.4, -0.2) is 28.7 Å². The van der Waals surface area contributed by atoms with Gasteiger partial charge < -0.3 is 4.74 Å². The Bertz CT molecular complexity index is 972. The van der Waals surface area contributed by atoms with Gasteiger partial charge in [0.05, 0.1) is 23.9 Å². The molecule has 0 aliphatic carbocycles. The van der Waals surface area contributed by atoms with Gasteiger partial charge in [0.1, 0.15) is 11.4 Å². The second-order valence-corrected chi connectivity index (χ2v) is 5.73. The highest BCUT2D eigenvalue weighted by molar-refractivity contribution is 6.35. The molecule has 0 saturated heterocycles. The Hall–Kier alpha value is -3.41. The van der Waals surface area contributed by atoms with Crippen molar-refractivity contribution in [3.05, 3.63) is 65.9 Å². The van der Waals surface area contributed by atoms with Gasteiger partial charge in [-0.15, -0.1) is 0 Å². The third-order valence-corrected chi connectivity index (χ3v) is 4.21. The number of anilines is 1. The number of amides is 2. The average molecular weight is 333 g/mol. The number of hydrogen-bond acceptors (Lipinski definition) is 4. The molecule has 0 fully saturated rings. The Morgan fingerprint density at radius 2 is 1.44 bits per heavy atom. The molecule has 3 aromatic rings. The Morgan fingerprint density at radius 3 is 2.04 bits per heavy atom. The first kappa shape index (κ1) is 15.1. The molecule has 2 aromatic carbocycles. The summed E-state index contributed by atoms with van der Waals surface area (Å²) in [7, 11) is 3.32. The minimum absolute atomic E-state index is 0.343. The highest BCUT2D eigenvalue weighted by Crippen LogP contribution is 2.38. The van der Waals surface area contributed by atoms with Crippen LogP contribution in [0.3, 0.4) is 0 Å². The first-order chi connectivity index (χ1) is 12.1. The van der Waals surface area contributed by atoms with Gasteiger partial charge in [0, 0.05) is 18.8 Å². The van der Waals surface area contributed by atoms with E-state index in [-0.39, 0.29) is 11.8 Å². The van der Waals surface area contributed by atoms with Gasteiger partial charge in [-0.25, -0.2) is 4.90 Å². The average Bonchev–Trinajstić information content (AvgIpc) is 3.13. The Kier molecular flexibility index (Phi) is 3.39. The van der Waals surface area contributed by atoms with Crippen molar-refractivity contribution in [3.8, 4) is 17.0 Å². The quantitative estimate of drug-likeness (QED) is 0.691. The minimum atomic E-state index is -0.343. The van der Waals surface area contributed by atoms with Crippen LogP contribution in [0, 0.1) is 0 Å². The van der Waals surface area contributed by atoms with E-state index in [1.165, 1.54) is 4.90 Å². The number of nitrogens with zero attached hydrogens (tertiary/aromatic N) is 3. The molecule has 25 heavy (non-hydrogen) atoms. The number of para-hydroxylation sites is 1. The number of fused-ring (bicyclic) bond motifs is 1. The molecule has 2 heterocycles. The third kappa shape index (κ3) is 2.22. The number of benzene rings is 2. The van der Waals surface area contributed by atoms with Crippen molar-refractivity contribution in [3.63, 3.8) is 0 Å². The summed E-state index contributed by atoms with van der Waals surface area (Å²) in [6.07, 6.45) is 1.67. The van der Waals surface area contributed by atoms with Crippen molar-refractivity contribution >= 4 is 17.5 Å². The van der Waals surface area contributed by atoms with Crippen LogP contribution in [0.15, 0.2) is 54.7 Å². The van der Waals surface area contributed by atoms with E-state index in [4.69, 9.17) is 4.74 Å². The topological polar surface area (TPSA) is 64.4 Å². The molecule has 4 rings (SSSR count). The van der Waals surface area contributed by atoms with E-state index < -0.39 is 0 Å². The van der Waals surface area contributed by atoms with Crippen molar-refractivity contribution in [1.82, 2.24) is 9.78 Å². The summed E-state index contributed by atoms with van der Waals surface area (Å²) in [5, 5.41) is 4.46. The SMILES string of the molecule is COc1ccccc1-c1nn(C)cc1N1C(=O)c2ccccc2C1=O. The van der Waals surface area contributed by atoms with Crippen molar-refractivity contribution in [2.24, 2.45) is 7.05 Å². The summed E-state index contributed by atoms with van der Waals surface area (Å²) in [6, 6.07) is 14.2. The van der Waals surface area contributed by atoms with Gasteiger partial charge in [0.2, 0.25) is 0 Å². The van der Waals surface area contributed by atoms with Crippen molar-refractivity contribution in [2.45, 2.75) is 0 Å². The standard InChI is InChI=1S/C19H15N3O3/c1-21-11-15(17(20-21)14-9-5-6-10-16(14)25-2)22-18(23)12-7-3-4-8-13(12)19(22)24/h3-11H,1-2H3. The lowest BCUT2D eigenvalue weighted by Gasteiger charge is -2.14. The molecular weight excluding hydrogens is 318 g/mol. The van der Waals surface area contributed by atoms with E-state index >= 15 is 0 Å². The highest BCUT2D eigenvalue weighted by Gasteiger charge is 2.38. The van der Waals surface area contributed by atoms with Crippen molar-refractivity contribution in [1.29, 1.82) is 0 Å². The monoisotopic (exact) mass is 333 g/mol. The normalized spacial score (nSPS) is 13.3. The number of hydrogen-bond donors (Lipinski definition) is 0. The number of aromatic nitrogens is 2.